The van der Waals surface area contributed by atoms with Crippen LogP contribution in [0.4, 0.5) is 0 Å². The summed E-state index contributed by atoms with van der Waals surface area (Å²) in [4.78, 5) is 4.94. The van der Waals surface area contributed by atoms with E-state index in [1.807, 2.05) is 0 Å². The van der Waals surface area contributed by atoms with Crippen molar-refractivity contribution >= 4 is 46.1 Å². The lowest BCUT2D eigenvalue weighted by Gasteiger charge is -1.90. The van der Waals surface area contributed by atoms with E-state index < -0.39 is 0 Å². The first kappa shape index (κ1) is 10.2. The van der Waals surface area contributed by atoms with Gasteiger partial charge in [0.1, 0.15) is 5.15 Å². The molecule has 0 saturated heterocycles. The van der Waals surface area contributed by atoms with Crippen molar-refractivity contribution in [3.63, 3.8) is 0 Å². The van der Waals surface area contributed by atoms with Gasteiger partial charge in [-0.1, -0.05) is 34.5 Å². The summed E-state index contributed by atoms with van der Waals surface area (Å²) in [5.41, 5.74) is 0. The molecule has 0 radical (unpaired) electrons. The van der Waals surface area contributed by atoms with Gasteiger partial charge in [-0.3, -0.25) is 0 Å². The summed E-state index contributed by atoms with van der Waals surface area (Å²) >= 11 is 18.6. The number of aromatic nitrogens is 3. The Balaban J connectivity index is 2.42. The second-order valence-electron chi connectivity index (χ2n) is 2.45. The summed E-state index contributed by atoms with van der Waals surface area (Å²) in [7, 11) is 0. The van der Waals surface area contributed by atoms with Crippen LogP contribution in [-0.2, 0) is 5.88 Å². The molecule has 0 spiro atoms. The van der Waals surface area contributed by atoms with E-state index in [0.717, 1.165) is 4.88 Å². The summed E-state index contributed by atoms with van der Waals surface area (Å²) in [6, 6.07) is 0. The number of thiazole rings is 1. The van der Waals surface area contributed by atoms with Gasteiger partial charge >= 0.3 is 0 Å². The molecule has 0 fully saturated rings. The minimum atomic E-state index is 0.353. The maximum absolute atomic E-state index is 5.84. The Bertz CT molecular complexity index is 451. The normalized spacial score (nSPS) is 10.8. The highest BCUT2D eigenvalue weighted by atomic mass is 35.5. The van der Waals surface area contributed by atoms with E-state index in [4.69, 9.17) is 34.8 Å². The Hall–Kier alpha value is -0.290. The highest BCUT2D eigenvalue weighted by Gasteiger charge is 2.10. The van der Waals surface area contributed by atoms with E-state index in [1.165, 1.54) is 17.5 Å². The molecule has 2 rings (SSSR count). The molecule has 0 atom stereocenters. The van der Waals surface area contributed by atoms with Crippen molar-refractivity contribution < 1.29 is 0 Å². The first-order valence-electron chi connectivity index (χ1n) is 3.62. The van der Waals surface area contributed by atoms with Crippen LogP contribution in [0.2, 0.25) is 10.2 Å². The number of rotatable bonds is 2. The monoisotopic (exact) mass is 267 g/mol. The van der Waals surface area contributed by atoms with E-state index in [2.05, 4.69) is 10.1 Å². The second-order valence-corrected chi connectivity index (χ2v) is 4.57. The van der Waals surface area contributed by atoms with Crippen LogP contribution in [0.3, 0.4) is 0 Å². The van der Waals surface area contributed by atoms with Crippen molar-refractivity contribution in [2.45, 2.75) is 5.88 Å². The SMILES string of the molecule is ClCc1sc(-n2cc(Cl)cn2)nc1Cl. The summed E-state index contributed by atoms with van der Waals surface area (Å²) in [6.07, 6.45) is 3.20. The number of hydrogen-bond acceptors (Lipinski definition) is 3. The van der Waals surface area contributed by atoms with Crippen LogP contribution < -0.4 is 0 Å². The zero-order valence-electron chi connectivity index (χ0n) is 6.75. The highest BCUT2D eigenvalue weighted by Crippen LogP contribution is 2.27. The van der Waals surface area contributed by atoms with Crippen LogP contribution in [0.1, 0.15) is 4.88 Å². The van der Waals surface area contributed by atoms with Crippen LogP contribution in [0.25, 0.3) is 5.13 Å². The van der Waals surface area contributed by atoms with Crippen LogP contribution in [0.5, 0.6) is 0 Å². The maximum atomic E-state index is 5.84. The molecule has 0 amide bonds. The van der Waals surface area contributed by atoms with Crippen molar-refractivity contribution in [2.24, 2.45) is 0 Å². The van der Waals surface area contributed by atoms with Gasteiger partial charge < -0.3 is 0 Å². The fraction of sp³-hybridized carbons (Fsp3) is 0.143. The third-order valence-corrected chi connectivity index (χ3v) is 3.60. The lowest BCUT2D eigenvalue weighted by atomic mass is 10.6. The molecule has 0 N–H and O–H groups in total. The quantitative estimate of drug-likeness (QED) is 0.782. The Morgan fingerprint density at radius 3 is 2.71 bits per heavy atom. The van der Waals surface area contributed by atoms with Crippen molar-refractivity contribution in [1.82, 2.24) is 14.8 Å². The van der Waals surface area contributed by atoms with E-state index in [-0.39, 0.29) is 0 Å². The Morgan fingerprint density at radius 2 is 2.21 bits per heavy atom. The average Bonchev–Trinajstić information content (AvgIpc) is 2.71. The Labute approximate surface area is 99.2 Å². The molecule has 14 heavy (non-hydrogen) atoms. The van der Waals surface area contributed by atoms with Gasteiger partial charge in [0.2, 0.25) is 5.13 Å². The number of alkyl halides is 1. The summed E-state index contributed by atoms with van der Waals surface area (Å²) in [5, 5.41) is 5.65. The summed E-state index contributed by atoms with van der Waals surface area (Å²) in [5.74, 6) is 0.353. The van der Waals surface area contributed by atoms with Crippen molar-refractivity contribution in [2.75, 3.05) is 0 Å². The van der Waals surface area contributed by atoms with Crippen LogP contribution in [0.15, 0.2) is 12.4 Å². The van der Waals surface area contributed by atoms with Gasteiger partial charge in [0, 0.05) is 0 Å². The van der Waals surface area contributed by atoms with Gasteiger partial charge in [0.05, 0.1) is 28.2 Å². The van der Waals surface area contributed by atoms with Gasteiger partial charge in [0.15, 0.2) is 0 Å². The summed E-state index contributed by atoms with van der Waals surface area (Å²) in [6.45, 7) is 0. The predicted molar refractivity (Wildman–Crippen MR) is 58.8 cm³/mol. The standard InChI is InChI=1S/C7H4Cl3N3S/c8-1-5-6(10)12-7(14-5)13-3-4(9)2-11-13/h2-3H,1H2. The van der Waals surface area contributed by atoms with Crippen LogP contribution in [-0.4, -0.2) is 14.8 Å². The van der Waals surface area contributed by atoms with Gasteiger partial charge in [0.25, 0.3) is 0 Å². The molecule has 2 heterocycles. The minimum absolute atomic E-state index is 0.353. The number of hydrogen-bond donors (Lipinski definition) is 0. The molecule has 0 aliphatic carbocycles. The second kappa shape index (κ2) is 4.06. The molecule has 0 aliphatic rings. The zero-order chi connectivity index (χ0) is 10.1. The van der Waals surface area contributed by atoms with E-state index in [0.29, 0.717) is 21.2 Å². The lowest BCUT2D eigenvalue weighted by Crippen LogP contribution is -1.91. The van der Waals surface area contributed by atoms with Gasteiger partial charge in [-0.05, 0) is 0 Å². The largest absolute Gasteiger partial charge is 0.212 e. The zero-order valence-corrected chi connectivity index (χ0v) is 9.83. The molecule has 74 valence electrons. The molecule has 0 aliphatic heterocycles. The van der Waals surface area contributed by atoms with E-state index >= 15 is 0 Å². The molecule has 2 aromatic heterocycles. The van der Waals surface area contributed by atoms with E-state index in [9.17, 15) is 0 Å². The van der Waals surface area contributed by atoms with Gasteiger partial charge in [-0.2, -0.15) is 5.10 Å². The molecule has 3 nitrogen and oxygen atoms in total. The summed E-state index contributed by atoms with van der Waals surface area (Å²) < 4.78 is 1.56. The minimum Gasteiger partial charge on any atom is -0.212 e. The fourth-order valence-corrected chi connectivity index (χ4v) is 2.45. The first-order chi connectivity index (χ1) is 6.70. The molecular weight excluding hydrogens is 265 g/mol. The lowest BCUT2D eigenvalue weighted by molar-refractivity contribution is 0.869. The first-order valence-corrected chi connectivity index (χ1v) is 5.73. The van der Waals surface area contributed by atoms with Gasteiger partial charge in [-0.15, -0.1) is 11.6 Å². The third-order valence-electron chi connectivity index (χ3n) is 1.51. The molecule has 7 heteroatoms. The number of halogens is 3. The van der Waals surface area contributed by atoms with Crippen molar-refractivity contribution in [3.8, 4) is 5.13 Å². The van der Waals surface area contributed by atoms with Crippen molar-refractivity contribution in [3.05, 3.63) is 27.4 Å². The van der Waals surface area contributed by atoms with Crippen LogP contribution in [0, 0.1) is 0 Å². The molecule has 0 aromatic carbocycles. The fourth-order valence-electron chi connectivity index (χ4n) is 0.907. The molecule has 0 unspecified atom stereocenters. The molecular formula is C7H4Cl3N3S. The molecule has 0 saturated carbocycles. The van der Waals surface area contributed by atoms with Crippen LogP contribution >= 0.6 is 46.1 Å². The van der Waals surface area contributed by atoms with Gasteiger partial charge in [-0.25, -0.2) is 9.67 Å². The van der Waals surface area contributed by atoms with Crippen molar-refractivity contribution in [1.29, 1.82) is 0 Å². The average molecular weight is 269 g/mol. The number of nitrogens with zero attached hydrogens (tertiary/aromatic N) is 3. The smallest absolute Gasteiger partial charge is 0.212 e. The van der Waals surface area contributed by atoms with E-state index in [1.54, 1.807) is 10.9 Å². The molecule has 0 bridgehead atoms. The Morgan fingerprint density at radius 1 is 1.43 bits per heavy atom. The maximum Gasteiger partial charge on any atom is 0.212 e. The Kier molecular flexibility index (Phi) is 2.97. The predicted octanol–water partition coefficient (Wildman–Crippen LogP) is 3.37. The third kappa shape index (κ3) is 1.88. The highest BCUT2D eigenvalue weighted by molar-refractivity contribution is 7.14. The molecule has 2 aromatic rings. The topological polar surface area (TPSA) is 30.7 Å².